The Labute approximate surface area is 132 Å². The average molecular weight is 366 g/mol. The van der Waals surface area contributed by atoms with E-state index >= 15 is 0 Å². The Morgan fingerprint density at radius 1 is 1.05 bits per heavy atom. The Morgan fingerprint density at radius 3 is 1.90 bits per heavy atom. The first kappa shape index (κ1) is 21.6. The molecule has 0 saturated carbocycles. The van der Waals surface area contributed by atoms with Gasteiger partial charge in [0, 0.05) is 6.42 Å². The van der Waals surface area contributed by atoms with Crippen molar-refractivity contribution in [1.29, 1.82) is 0 Å². The molecule has 0 aliphatic carbocycles. The molecule has 0 radical (unpaired) electrons. The van der Waals surface area contributed by atoms with Gasteiger partial charge in [0.1, 0.15) is 0 Å². The number of piperidine rings is 1. The molecule has 0 aromatic carbocycles. The minimum Gasteiger partial charge on any atom is -1.00 e. The quantitative estimate of drug-likeness (QED) is 0.335. The molecule has 1 unspecified atom stereocenters. The van der Waals surface area contributed by atoms with Gasteiger partial charge in [-0.1, -0.05) is 0 Å². The molecule has 0 spiro atoms. The van der Waals surface area contributed by atoms with E-state index in [-0.39, 0.29) is 24.9 Å². The third kappa shape index (κ3) is 5.29. The largest absolute Gasteiger partial charge is 1.00 e. The number of hydrogen-bond donors (Lipinski definition) is 4. The zero-order valence-electron chi connectivity index (χ0n) is 12.4. The van der Waals surface area contributed by atoms with E-state index in [1.54, 1.807) is 0 Å². The third-order valence-corrected chi connectivity index (χ3v) is 8.46. The Bertz CT molecular complexity index is 397. The molecule has 1 rings (SSSR count). The highest BCUT2D eigenvalue weighted by Crippen LogP contribution is 2.62. The van der Waals surface area contributed by atoms with Crippen LogP contribution in [0.2, 0.25) is 0 Å². The topological polar surface area (TPSA) is 115 Å². The summed E-state index contributed by atoms with van der Waals surface area (Å²) in [7, 11) is -9.63. The predicted molar refractivity (Wildman–Crippen MR) is 76.3 cm³/mol. The highest BCUT2D eigenvalue weighted by Gasteiger charge is 2.48. The molecule has 128 valence electrons. The van der Waals surface area contributed by atoms with Crippen molar-refractivity contribution in [3.05, 3.63) is 0 Å². The molecule has 4 N–H and O–H groups in total. The van der Waals surface area contributed by atoms with Crippen molar-refractivity contribution in [1.82, 2.24) is 0 Å². The summed E-state index contributed by atoms with van der Waals surface area (Å²) < 4.78 is 23.6. The van der Waals surface area contributed by atoms with Crippen LogP contribution in [-0.2, 0) is 9.13 Å². The van der Waals surface area contributed by atoms with Crippen LogP contribution < -0.4 is 12.4 Å². The Morgan fingerprint density at radius 2 is 1.52 bits per heavy atom. The first-order valence-electron chi connectivity index (χ1n) is 7.03. The van der Waals surface area contributed by atoms with Crippen molar-refractivity contribution >= 4 is 15.2 Å². The summed E-state index contributed by atoms with van der Waals surface area (Å²) in [4.78, 5) is 37.1. The summed E-state index contributed by atoms with van der Waals surface area (Å²) in [6, 6.07) is -0.0935. The number of rotatable bonds is 6. The highest BCUT2D eigenvalue weighted by atomic mass is 35.5. The van der Waals surface area contributed by atoms with Crippen LogP contribution in [0.15, 0.2) is 0 Å². The summed E-state index contributed by atoms with van der Waals surface area (Å²) in [6.07, 6.45) is 2.64. The normalized spacial score (nSPS) is 22.9. The summed E-state index contributed by atoms with van der Waals surface area (Å²) in [5.74, 6) is 0. The molecule has 0 aromatic heterocycles. The minimum absolute atomic E-state index is 0. The molecule has 0 bridgehead atoms. The van der Waals surface area contributed by atoms with Crippen molar-refractivity contribution in [3.63, 3.8) is 0 Å². The van der Waals surface area contributed by atoms with Crippen LogP contribution in [0.3, 0.4) is 0 Å². The van der Waals surface area contributed by atoms with Gasteiger partial charge in [0.25, 0.3) is 0 Å². The van der Waals surface area contributed by atoms with Crippen molar-refractivity contribution in [2.24, 2.45) is 0 Å². The lowest BCUT2D eigenvalue weighted by atomic mass is 9.96. The van der Waals surface area contributed by atoms with Crippen molar-refractivity contribution in [2.45, 2.75) is 51.0 Å². The Balaban J connectivity index is 0.00000400. The van der Waals surface area contributed by atoms with Gasteiger partial charge in [-0.3, -0.25) is 9.13 Å². The molecular formula is C11H26ClNO6P2. The summed E-state index contributed by atoms with van der Waals surface area (Å²) in [5, 5.41) is -1.87. The Hall–Kier alpha value is 0.550. The number of halogens is 1. The molecule has 1 fully saturated rings. The van der Waals surface area contributed by atoms with Crippen LogP contribution in [0, 0.1) is 0 Å². The average Bonchev–Trinajstić information content (AvgIpc) is 2.33. The third-order valence-electron chi connectivity index (χ3n) is 4.68. The lowest BCUT2D eigenvalue weighted by Gasteiger charge is -2.47. The van der Waals surface area contributed by atoms with E-state index in [0.717, 1.165) is 38.9 Å². The van der Waals surface area contributed by atoms with Gasteiger partial charge in [-0.15, -0.1) is 0 Å². The fourth-order valence-electron chi connectivity index (χ4n) is 3.37. The molecule has 1 atom stereocenters. The summed E-state index contributed by atoms with van der Waals surface area (Å²) in [5.41, 5.74) is 0. The van der Waals surface area contributed by atoms with Crippen LogP contribution in [-0.4, -0.2) is 55.1 Å². The maximum atomic E-state index is 11.4. The first-order chi connectivity index (χ1) is 9.07. The molecule has 21 heavy (non-hydrogen) atoms. The van der Waals surface area contributed by atoms with Gasteiger partial charge < -0.3 is 36.5 Å². The zero-order valence-corrected chi connectivity index (χ0v) is 15.0. The van der Waals surface area contributed by atoms with E-state index in [1.807, 2.05) is 13.8 Å². The van der Waals surface area contributed by atoms with Crippen LogP contribution in [0.1, 0.15) is 39.5 Å². The second-order valence-corrected chi connectivity index (χ2v) is 9.63. The highest BCUT2D eigenvalue weighted by molar-refractivity contribution is 7.70. The van der Waals surface area contributed by atoms with Gasteiger partial charge in [-0.05, 0) is 33.1 Å². The number of nitrogens with zero attached hydrogens (tertiary/aromatic N) is 1. The minimum atomic E-state index is -4.81. The van der Waals surface area contributed by atoms with Gasteiger partial charge in [0.2, 0.25) is 0 Å². The lowest BCUT2D eigenvalue weighted by Crippen LogP contribution is -3.00. The fraction of sp³-hybridized carbons (Fsp3) is 1.00. The molecule has 10 heteroatoms. The molecule has 1 aliphatic rings. The number of quaternary nitrogens is 1. The van der Waals surface area contributed by atoms with Crippen LogP contribution >= 0.6 is 15.2 Å². The standard InChI is InChI=1S/C11H25NO6P2.ClH/c1-3-12(4-2)8-6-5-7-10(12)9-11(19(13,14)15)20(16,17)18;/h10-11H,3-9H2,1-2H3,(H3-,13,14,15,16,17,18);1H. The van der Waals surface area contributed by atoms with Crippen LogP contribution in [0.25, 0.3) is 0 Å². The first-order valence-corrected chi connectivity index (χ1v) is 10.4. The Kier molecular flexibility index (Phi) is 8.10. The second-order valence-electron chi connectivity index (χ2n) is 5.62. The molecule has 1 saturated heterocycles. The van der Waals surface area contributed by atoms with Crippen molar-refractivity contribution in [2.75, 3.05) is 19.6 Å². The van der Waals surface area contributed by atoms with Gasteiger partial charge in [-0.25, -0.2) is 0 Å². The van der Waals surface area contributed by atoms with E-state index in [0.29, 0.717) is 4.48 Å². The summed E-state index contributed by atoms with van der Waals surface area (Å²) >= 11 is 0. The second kappa shape index (κ2) is 7.89. The smallest absolute Gasteiger partial charge is 0.340 e. The molecule has 1 heterocycles. The fourth-order valence-corrected chi connectivity index (χ4v) is 5.98. The van der Waals surface area contributed by atoms with Crippen LogP contribution in [0.4, 0.5) is 0 Å². The van der Waals surface area contributed by atoms with E-state index in [2.05, 4.69) is 0 Å². The van der Waals surface area contributed by atoms with Gasteiger partial charge in [0.05, 0.1) is 25.7 Å². The number of hydrogen-bond acceptors (Lipinski definition) is 2. The summed E-state index contributed by atoms with van der Waals surface area (Å²) in [6.45, 7) is 6.58. The molecule has 0 aromatic rings. The monoisotopic (exact) mass is 365 g/mol. The van der Waals surface area contributed by atoms with Crippen LogP contribution in [0.5, 0.6) is 0 Å². The molecule has 0 amide bonds. The maximum absolute atomic E-state index is 11.4. The van der Waals surface area contributed by atoms with Gasteiger partial charge in [-0.2, -0.15) is 0 Å². The van der Waals surface area contributed by atoms with E-state index in [4.69, 9.17) is 0 Å². The van der Waals surface area contributed by atoms with Gasteiger partial charge >= 0.3 is 15.2 Å². The van der Waals surface area contributed by atoms with Crippen molar-refractivity contribution in [3.8, 4) is 0 Å². The van der Waals surface area contributed by atoms with Crippen molar-refractivity contribution < 1.29 is 45.6 Å². The molecule has 7 nitrogen and oxygen atoms in total. The zero-order chi connectivity index (χ0) is 15.6. The van der Waals surface area contributed by atoms with Gasteiger partial charge in [0.15, 0.2) is 5.40 Å². The SMILES string of the molecule is CC[N+]1(CC)CCCCC1CC(P(=O)(O)O)P(=O)(O)O.[Cl-]. The van der Waals surface area contributed by atoms with E-state index in [9.17, 15) is 28.7 Å². The molecule has 1 aliphatic heterocycles. The predicted octanol–water partition coefficient (Wildman–Crippen LogP) is -1.53. The molecular weight excluding hydrogens is 340 g/mol. The lowest BCUT2D eigenvalue weighted by molar-refractivity contribution is -0.953. The van der Waals surface area contributed by atoms with E-state index < -0.39 is 20.6 Å². The maximum Gasteiger partial charge on any atom is 0.340 e. The number of likely N-dealkylation sites (tertiary alicyclic amines) is 1. The van der Waals surface area contributed by atoms with E-state index in [1.165, 1.54) is 0 Å².